The first-order chi connectivity index (χ1) is 12.6. The zero-order chi connectivity index (χ0) is 18.5. The molecule has 10 heteroatoms. The van der Waals surface area contributed by atoms with Crippen molar-refractivity contribution in [2.45, 2.75) is 19.7 Å². The lowest BCUT2D eigenvalue weighted by atomic mass is 10.1. The summed E-state index contributed by atoms with van der Waals surface area (Å²) in [7, 11) is 3.46. The number of halogens is 2. The lowest BCUT2D eigenvalue weighted by molar-refractivity contribution is -0.0505. The molecule has 3 rings (SSSR count). The van der Waals surface area contributed by atoms with Crippen LogP contribution >= 0.6 is 0 Å². The highest BCUT2D eigenvalue weighted by Gasteiger charge is 2.20. The second-order valence-corrected chi connectivity index (χ2v) is 5.42. The van der Waals surface area contributed by atoms with Crippen LogP contribution in [0.25, 0.3) is 0 Å². The van der Waals surface area contributed by atoms with Crippen molar-refractivity contribution in [3.63, 3.8) is 0 Å². The lowest BCUT2D eigenvalue weighted by Crippen LogP contribution is -2.36. The molecule has 2 aromatic rings. The second kappa shape index (κ2) is 7.89. The van der Waals surface area contributed by atoms with E-state index in [0.29, 0.717) is 29.6 Å². The highest BCUT2D eigenvalue weighted by molar-refractivity contribution is 5.79. The van der Waals surface area contributed by atoms with Crippen LogP contribution in [0.5, 0.6) is 17.2 Å². The van der Waals surface area contributed by atoms with Crippen molar-refractivity contribution in [2.24, 2.45) is 12.0 Å². The fourth-order valence-corrected chi connectivity index (χ4v) is 2.46. The molecule has 1 aliphatic rings. The van der Waals surface area contributed by atoms with E-state index in [0.717, 1.165) is 5.69 Å². The zero-order valence-electron chi connectivity index (χ0n) is 14.3. The maximum Gasteiger partial charge on any atom is 0.387 e. The number of rotatable bonds is 6. The number of hydrogen-bond donors (Lipinski definition) is 2. The van der Waals surface area contributed by atoms with Gasteiger partial charge in [-0.15, -0.1) is 0 Å². The summed E-state index contributed by atoms with van der Waals surface area (Å²) in [5.41, 5.74) is 1.47. The minimum Gasteiger partial charge on any atom is -0.454 e. The molecule has 0 saturated heterocycles. The fraction of sp³-hybridized carbons (Fsp3) is 0.375. The number of fused-ring (bicyclic) bond motifs is 1. The summed E-state index contributed by atoms with van der Waals surface area (Å²) in [6, 6.07) is 4.89. The number of aryl methyl sites for hydroxylation is 1. The van der Waals surface area contributed by atoms with Gasteiger partial charge in [0, 0.05) is 38.5 Å². The predicted octanol–water partition coefficient (Wildman–Crippen LogP) is 1.62. The Hall–Kier alpha value is -3.04. The van der Waals surface area contributed by atoms with Gasteiger partial charge in [0.1, 0.15) is 5.75 Å². The Balaban J connectivity index is 1.66. The van der Waals surface area contributed by atoms with Crippen molar-refractivity contribution in [1.29, 1.82) is 0 Å². The van der Waals surface area contributed by atoms with Crippen molar-refractivity contribution in [2.75, 3.05) is 13.8 Å². The van der Waals surface area contributed by atoms with Crippen LogP contribution in [-0.4, -0.2) is 36.2 Å². The molecule has 8 nitrogen and oxygen atoms in total. The van der Waals surface area contributed by atoms with E-state index in [1.165, 1.54) is 6.07 Å². The van der Waals surface area contributed by atoms with Gasteiger partial charge in [0.25, 0.3) is 0 Å². The number of aromatic nitrogens is 2. The van der Waals surface area contributed by atoms with Gasteiger partial charge >= 0.3 is 6.61 Å². The van der Waals surface area contributed by atoms with Gasteiger partial charge < -0.3 is 24.8 Å². The van der Waals surface area contributed by atoms with E-state index >= 15 is 0 Å². The molecule has 2 N–H and O–H groups in total. The lowest BCUT2D eigenvalue weighted by Gasteiger charge is -2.15. The molecular formula is C16H19F2N5O3. The van der Waals surface area contributed by atoms with Gasteiger partial charge in [-0.3, -0.25) is 9.67 Å². The Morgan fingerprint density at radius 2 is 2.04 bits per heavy atom. The predicted molar refractivity (Wildman–Crippen MR) is 89.4 cm³/mol. The van der Waals surface area contributed by atoms with Gasteiger partial charge in [-0.1, -0.05) is 0 Å². The molecule has 0 radical (unpaired) electrons. The molecule has 0 amide bonds. The van der Waals surface area contributed by atoms with E-state index < -0.39 is 6.61 Å². The number of hydrogen-bond acceptors (Lipinski definition) is 5. The van der Waals surface area contributed by atoms with Crippen LogP contribution in [0.3, 0.4) is 0 Å². The standard InChI is InChI=1S/C16H19F2N5O3/c1-19-16(21-8-11-3-4-22-23(11)2)20-7-10-5-13-14(25-9-24-13)6-12(10)26-15(17)18/h3-6,15H,7-9H2,1-2H3,(H2,19,20,21). The molecule has 1 aromatic heterocycles. The number of nitrogens with zero attached hydrogens (tertiary/aromatic N) is 3. The summed E-state index contributed by atoms with van der Waals surface area (Å²) in [6.45, 7) is -2.16. The van der Waals surface area contributed by atoms with Crippen molar-refractivity contribution in [3.8, 4) is 17.2 Å². The largest absolute Gasteiger partial charge is 0.454 e. The highest BCUT2D eigenvalue weighted by Crippen LogP contribution is 2.38. The Morgan fingerprint density at radius 1 is 1.31 bits per heavy atom. The van der Waals surface area contributed by atoms with Crippen LogP contribution < -0.4 is 24.8 Å². The summed E-state index contributed by atoms with van der Waals surface area (Å²) >= 11 is 0. The summed E-state index contributed by atoms with van der Waals surface area (Å²) < 4.78 is 42.2. The zero-order valence-corrected chi connectivity index (χ0v) is 14.3. The van der Waals surface area contributed by atoms with Crippen molar-refractivity contribution in [1.82, 2.24) is 20.4 Å². The summed E-state index contributed by atoms with van der Waals surface area (Å²) in [5.74, 6) is 1.40. The van der Waals surface area contributed by atoms with Crippen molar-refractivity contribution in [3.05, 3.63) is 35.7 Å². The van der Waals surface area contributed by atoms with Gasteiger partial charge in [-0.05, 0) is 12.1 Å². The first-order valence-electron chi connectivity index (χ1n) is 7.85. The Bertz CT molecular complexity index is 794. The van der Waals surface area contributed by atoms with Crippen LogP contribution in [0, 0.1) is 0 Å². The van der Waals surface area contributed by atoms with Crippen molar-refractivity contribution < 1.29 is 23.0 Å². The van der Waals surface area contributed by atoms with Crippen LogP contribution in [0.2, 0.25) is 0 Å². The van der Waals surface area contributed by atoms with Gasteiger partial charge in [0.2, 0.25) is 6.79 Å². The third-order valence-corrected chi connectivity index (χ3v) is 3.80. The molecule has 1 aromatic carbocycles. The number of guanidine groups is 1. The third kappa shape index (κ3) is 4.13. The molecule has 2 heterocycles. The number of benzene rings is 1. The fourth-order valence-electron chi connectivity index (χ4n) is 2.46. The summed E-state index contributed by atoms with van der Waals surface area (Å²) in [6.07, 6.45) is 1.70. The van der Waals surface area contributed by atoms with E-state index in [4.69, 9.17) is 9.47 Å². The molecule has 1 aliphatic heterocycles. The van der Waals surface area contributed by atoms with E-state index in [2.05, 4.69) is 25.5 Å². The smallest absolute Gasteiger partial charge is 0.387 e. The number of ether oxygens (including phenoxy) is 3. The van der Waals surface area contributed by atoms with Gasteiger partial charge in [-0.2, -0.15) is 13.9 Å². The number of alkyl halides is 2. The Kier molecular flexibility index (Phi) is 5.40. The number of aliphatic imine (C=N–C) groups is 1. The molecule has 140 valence electrons. The van der Waals surface area contributed by atoms with E-state index in [-0.39, 0.29) is 19.1 Å². The molecule has 0 unspecified atom stereocenters. The minimum atomic E-state index is -2.93. The van der Waals surface area contributed by atoms with E-state index in [1.807, 2.05) is 13.1 Å². The molecule has 0 spiro atoms. The van der Waals surface area contributed by atoms with E-state index in [9.17, 15) is 8.78 Å². The second-order valence-electron chi connectivity index (χ2n) is 5.42. The molecule has 0 saturated carbocycles. The maximum atomic E-state index is 12.7. The van der Waals surface area contributed by atoms with Crippen LogP contribution in [-0.2, 0) is 20.1 Å². The molecule has 0 bridgehead atoms. The van der Waals surface area contributed by atoms with Crippen LogP contribution in [0.4, 0.5) is 8.78 Å². The number of nitrogens with one attached hydrogen (secondary N) is 2. The average molecular weight is 367 g/mol. The monoisotopic (exact) mass is 367 g/mol. The Morgan fingerprint density at radius 3 is 2.69 bits per heavy atom. The first-order valence-corrected chi connectivity index (χ1v) is 7.85. The highest BCUT2D eigenvalue weighted by atomic mass is 19.3. The van der Waals surface area contributed by atoms with Gasteiger partial charge in [0.05, 0.1) is 12.2 Å². The SMILES string of the molecule is CN=C(NCc1cc2c(cc1OC(F)F)OCO2)NCc1ccnn1C. The molecule has 0 aliphatic carbocycles. The summed E-state index contributed by atoms with van der Waals surface area (Å²) in [4.78, 5) is 4.12. The maximum absolute atomic E-state index is 12.7. The normalized spacial score (nSPS) is 13.2. The van der Waals surface area contributed by atoms with Crippen molar-refractivity contribution >= 4 is 5.96 Å². The molecule has 0 fully saturated rings. The van der Waals surface area contributed by atoms with Gasteiger partial charge in [0.15, 0.2) is 17.5 Å². The molecule has 0 atom stereocenters. The quantitative estimate of drug-likeness (QED) is 0.596. The van der Waals surface area contributed by atoms with E-state index in [1.54, 1.807) is 24.0 Å². The minimum absolute atomic E-state index is 0.0267. The molecular weight excluding hydrogens is 348 g/mol. The first kappa shape index (κ1) is 17.8. The van der Waals surface area contributed by atoms with Crippen LogP contribution in [0.1, 0.15) is 11.3 Å². The Labute approximate surface area is 148 Å². The van der Waals surface area contributed by atoms with Crippen LogP contribution in [0.15, 0.2) is 29.4 Å². The topological polar surface area (TPSA) is 81.9 Å². The van der Waals surface area contributed by atoms with Gasteiger partial charge in [-0.25, -0.2) is 0 Å². The summed E-state index contributed by atoms with van der Waals surface area (Å²) in [5, 5.41) is 10.3. The molecule has 26 heavy (non-hydrogen) atoms. The third-order valence-electron chi connectivity index (χ3n) is 3.80. The average Bonchev–Trinajstić information content (AvgIpc) is 3.22.